The summed E-state index contributed by atoms with van der Waals surface area (Å²) in [5, 5.41) is 0. The van der Waals surface area contributed by atoms with E-state index in [-0.39, 0.29) is 0 Å². The molecule has 3 nitrogen and oxygen atoms in total. The summed E-state index contributed by atoms with van der Waals surface area (Å²) in [5.74, 6) is 0. The number of rotatable bonds is 7. The van der Waals surface area contributed by atoms with Crippen molar-refractivity contribution in [3.8, 4) is 0 Å². The quantitative estimate of drug-likeness (QED) is 0.759. The molecule has 1 unspecified atom stereocenters. The summed E-state index contributed by atoms with van der Waals surface area (Å²) in [6.07, 6.45) is 0. The van der Waals surface area contributed by atoms with Gasteiger partial charge < -0.3 is 10.5 Å². The van der Waals surface area contributed by atoms with Gasteiger partial charge in [0, 0.05) is 32.8 Å². The molecule has 0 bridgehead atoms. The Morgan fingerprint density at radius 2 is 2.00 bits per heavy atom. The lowest BCUT2D eigenvalue weighted by Gasteiger charge is -2.27. The van der Waals surface area contributed by atoms with Crippen molar-refractivity contribution in [2.75, 3.05) is 26.8 Å². The number of ether oxygens (including phenoxy) is 1. The van der Waals surface area contributed by atoms with E-state index in [1.807, 2.05) is 6.07 Å². The predicted molar refractivity (Wildman–Crippen MR) is 67.2 cm³/mol. The van der Waals surface area contributed by atoms with Crippen LogP contribution in [0.4, 0.5) is 0 Å². The van der Waals surface area contributed by atoms with Crippen LogP contribution in [0.15, 0.2) is 30.3 Å². The van der Waals surface area contributed by atoms with Gasteiger partial charge in [-0.25, -0.2) is 0 Å². The smallest absolute Gasteiger partial charge is 0.0589 e. The van der Waals surface area contributed by atoms with Gasteiger partial charge in [-0.2, -0.15) is 0 Å². The maximum atomic E-state index is 5.72. The van der Waals surface area contributed by atoms with Crippen molar-refractivity contribution < 1.29 is 4.74 Å². The third-order valence-electron chi connectivity index (χ3n) is 2.78. The van der Waals surface area contributed by atoms with Crippen molar-refractivity contribution in [3.05, 3.63) is 35.9 Å². The summed E-state index contributed by atoms with van der Waals surface area (Å²) in [4.78, 5) is 2.35. The van der Waals surface area contributed by atoms with E-state index in [0.717, 1.165) is 19.7 Å². The molecule has 0 aliphatic heterocycles. The van der Waals surface area contributed by atoms with Crippen molar-refractivity contribution in [2.45, 2.75) is 19.5 Å². The highest BCUT2D eigenvalue weighted by atomic mass is 16.5. The normalized spacial score (nSPS) is 13.0. The zero-order valence-electron chi connectivity index (χ0n) is 10.2. The molecule has 1 atom stereocenters. The van der Waals surface area contributed by atoms with Crippen LogP contribution in [-0.4, -0.2) is 37.7 Å². The van der Waals surface area contributed by atoms with Crippen LogP contribution in [-0.2, 0) is 11.3 Å². The molecule has 0 aromatic heterocycles. The Hall–Kier alpha value is -0.900. The SMILES string of the molecule is COCCN(Cc1ccccc1)C(C)CN. The minimum absolute atomic E-state index is 0.385. The van der Waals surface area contributed by atoms with E-state index < -0.39 is 0 Å². The Morgan fingerprint density at radius 3 is 2.56 bits per heavy atom. The van der Waals surface area contributed by atoms with Crippen molar-refractivity contribution in [1.29, 1.82) is 0 Å². The Kier molecular flexibility index (Phi) is 6.08. The van der Waals surface area contributed by atoms with E-state index in [1.165, 1.54) is 5.56 Å². The van der Waals surface area contributed by atoms with Gasteiger partial charge in [-0.1, -0.05) is 30.3 Å². The first kappa shape index (κ1) is 13.2. The van der Waals surface area contributed by atoms with Gasteiger partial charge in [-0.15, -0.1) is 0 Å². The lowest BCUT2D eigenvalue weighted by Crippen LogP contribution is -2.39. The molecule has 0 amide bonds. The van der Waals surface area contributed by atoms with Gasteiger partial charge in [0.05, 0.1) is 6.61 Å². The molecule has 2 N–H and O–H groups in total. The van der Waals surface area contributed by atoms with Crippen LogP contribution in [0.5, 0.6) is 0 Å². The average molecular weight is 222 g/mol. The molecule has 0 saturated carbocycles. The van der Waals surface area contributed by atoms with E-state index in [4.69, 9.17) is 10.5 Å². The highest BCUT2D eigenvalue weighted by Gasteiger charge is 2.12. The van der Waals surface area contributed by atoms with Crippen LogP contribution >= 0.6 is 0 Å². The first-order valence-corrected chi connectivity index (χ1v) is 5.75. The Labute approximate surface area is 98.2 Å². The third-order valence-corrected chi connectivity index (χ3v) is 2.78. The first-order valence-electron chi connectivity index (χ1n) is 5.75. The fraction of sp³-hybridized carbons (Fsp3) is 0.538. The number of hydrogen-bond acceptors (Lipinski definition) is 3. The summed E-state index contributed by atoms with van der Waals surface area (Å²) in [6.45, 7) is 5.43. The molecule has 90 valence electrons. The molecular formula is C13H22N2O. The maximum Gasteiger partial charge on any atom is 0.0589 e. The van der Waals surface area contributed by atoms with Crippen LogP contribution in [0.2, 0.25) is 0 Å². The molecular weight excluding hydrogens is 200 g/mol. The van der Waals surface area contributed by atoms with Gasteiger partial charge in [0.1, 0.15) is 0 Å². The molecule has 0 saturated heterocycles. The summed E-state index contributed by atoms with van der Waals surface area (Å²) in [7, 11) is 1.73. The predicted octanol–water partition coefficient (Wildman–Crippen LogP) is 1.48. The minimum atomic E-state index is 0.385. The van der Waals surface area contributed by atoms with Crippen molar-refractivity contribution in [2.24, 2.45) is 5.73 Å². The molecule has 1 rings (SSSR count). The average Bonchev–Trinajstić information content (AvgIpc) is 2.34. The van der Waals surface area contributed by atoms with Crippen molar-refractivity contribution in [3.63, 3.8) is 0 Å². The highest BCUT2D eigenvalue weighted by Crippen LogP contribution is 2.07. The second kappa shape index (κ2) is 7.39. The molecule has 16 heavy (non-hydrogen) atoms. The second-order valence-corrected chi connectivity index (χ2v) is 4.03. The van der Waals surface area contributed by atoms with E-state index in [1.54, 1.807) is 7.11 Å². The molecule has 0 aliphatic carbocycles. The Morgan fingerprint density at radius 1 is 1.31 bits per heavy atom. The molecule has 0 aliphatic rings. The number of nitrogens with two attached hydrogens (primary N) is 1. The van der Waals surface area contributed by atoms with Crippen LogP contribution in [0, 0.1) is 0 Å². The van der Waals surface area contributed by atoms with E-state index in [9.17, 15) is 0 Å². The fourth-order valence-corrected chi connectivity index (χ4v) is 1.63. The molecule has 0 heterocycles. The van der Waals surface area contributed by atoms with Gasteiger partial charge in [-0.3, -0.25) is 4.90 Å². The van der Waals surface area contributed by atoms with Gasteiger partial charge >= 0.3 is 0 Å². The van der Waals surface area contributed by atoms with Crippen molar-refractivity contribution in [1.82, 2.24) is 4.90 Å². The molecule has 1 aromatic rings. The van der Waals surface area contributed by atoms with Crippen LogP contribution in [0.1, 0.15) is 12.5 Å². The van der Waals surface area contributed by atoms with E-state index in [0.29, 0.717) is 12.6 Å². The third kappa shape index (κ3) is 4.31. The molecule has 0 fully saturated rings. The summed E-state index contributed by atoms with van der Waals surface area (Å²) in [5.41, 5.74) is 7.03. The Balaban J connectivity index is 2.56. The Bertz CT molecular complexity index is 277. The minimum Gasteiger partial charge on any atom is -0.383 e. The summed E-state index contributed by atoms with van der Waals surface area (Å²) >= 11 is 0. The number of hydrogen-bond donors (Lipinski definition) is 1. The summed E-state index contributed by atoms with van der Waals surface area (Å²) in [6, 6.07) is 10.8. The molecule has 1 aromatic carbocycles. The first-order chi connectivity index (χ1) is 7.77. The molecule has 0 spiro atoms. The number of methoxy groups -OCH3 is 1. The van der Waals surface area contributed by atoms with E-state index in [2.05, 4.69) is 36.1 Å². The van der Waals surface area contributed by atoms with Gasteiger partial charge in [0.2, 0.25) is 0 Å². The largest absolute Gasteiger partial charge is 0.383 e. The zero-order chi connectivity index (χ0) is 11.8. The lowest BCUT2D eigenvalue weighted by atomic mass is 10.2. The highest BCUT2D eigenvalue weighted by molar-refractivity contribution is 5.14. The standard InChI is InChI=1S/C13H22N2O/c1-12(10-14)15(8-9-16-2)11-13-6-4-3-5-7-13/h3-7,12H,8-11,14H2,1-2H3. The molecule has 3 heteroatoms. The van der Waals surface area contributed by atoms with Crippen LogP contribution in [0.25, 0.3) is 0 Å². The van der Waals surface area contributed by atoms with Crippen LogP contribution in [0.3, 0.4) is 0 Å². The fourth-order valence-electron chi connectivity index (χ4n) is 1.63. The lowest BCUT2D eigenvalue weighted by molar-refractivity contribution is 0.122. The van der Waals surface area contributed by atoms with Gasteiger partial charge in [0.25, 0.3) is 0 Å². The monoisotopic (exact) mass is 222 g/mol. The summed E-state index contributed by atoms with van der Waals surface area (Å²) < 4.78 is 5.12. The topological polar surface area (TPSA) is 38.5 Å². The number of benzene rings is 1. The van der Waals surface area contributed by atoms with E-state index >= 15 is 0 Å². The van der Waals surface area contributed by atoms with Crippen molar-refractivity contribution >= 4 is 0 Å². The molecule has 0 radical (unpaired) electrons. The number of nitrogens with zero attached hydrogens (tertiary/aromatic N) is 1. The maximum absolute atomic E-state index is 5.72. The van der Waals surface area contributed by atoms with Crippen LogP contribution < -0.4 is 5.73 Å². The van der Waals surface area contributed by atoms with Gasteiger partial charge in [-0.05, 0) is 12.5 Å². The second-order valence-electron chi connectivity index (χ2n) is 4.03. The zero-order valence-corrected chi connectivity index (χ0v) is 10.2. The van der Waals surface area contributed by atoms with Gasteiger partial charge in [0.15, 0.2) is 0 Å².